The fraction of sp³-hybridized carbons (Fsp3) is 0.571. The number of rotatable bonds is 2. The van der Waals surface area contributed by atoms with E-state index in [-0.39, 0.29) is 5.25 Å². The molecule has 0 spiro atoms. The van der Waals surface area contributed by atoms with Crippen LogP contribution in [0.2, 0.25) is 0 Å². The SMILES string of the molecule is O=S1(=O)NC[C@H]2CCN(Cc3ccccc3)CC[C@H]21. The maximum absolute atomic E-state index is 11.9. The Balaban J connectivity index is 1.66. The van der Waals surface area contributed by atoms with E-state index in [2.05, 4.69) is 33.9 Å². The highest BCUT2D eigenvalue weighted by atomic mass is 32.2. The van der Waals surface area contributed by atoms with Gasteiger partial charge in [0.05, 0.1) is 5.25 Å². The molecule has 3 rings (SSSR count). The average Bonchev–Trinajstić information content (AvgIpc) is 2.58. The number of likely N-dealkylation sites (tertiary alicyclic amines) is 1. The van der Waals surface area contributed by atoms with Gasteiger partial charge < -0.3 is 0 Å². The normalized spacial score (nSPS) is 30.7. The first kappa shape index (κ1) is 13.1. The van der Waals surface area contributed by atoms with E-state index in [1.54, 1.807) is 0 Å². The molecule has 0 bridgehead atoms. The molecule has 4 nitrogen and oxygen atoms in total. The number of fused-ring (bicyclic) bond motifs is 1. The lowest BCUT2D eigenvalue weighted by molar-refractivity contribution is 0.272. The second-order valence-electron chi connectivity index (χ2n) is 5.53. The van der Waals surface area contributed by atoms with Crippen molar-refractivity contribution in [3.05, 3.63) is 35.9 Å². The van der Waals surface area contributed by atoms with Gasteiger partial charge in [-0.3, -0.25) is 4.90 Å². The summed E-state index contributed by atoms with van der Waals surface area (Å²) in [7, 11) is -3.04. The third-order valence-corrected chi connectivity index (χ3v) is 6.25. The highest BCUT2D eigenvalue weighted by Crippen LogP contribution is 2.28. The van der Waals surface area contributed by atoms with E-state index in [1.165, 1.54) is 5.56 Å². The predicted octanol–water partition coefficient (Wildman–Crippen LogP) is 1.20. The van der Waals surface area contributed by atoms with Gasteiger partial charge in [0.2, 0.25) is 10.0 Å². The molecule has 19 heavy (non-hydrogen) atoms. The van der Waals surface area contributed by atoms with Gasteiger partial charge in [-0.2, -0.15) is 0 Å². The molecule has 0 saturated carbocycles. The zero-order valence-corrected chi connectivity index (χ0v) is 11.8. The van der Waals surface area contributed by atoms with Gasteiger partial charge in [-0.05, 0) is 37.4 Å². The van der Waals surface area contributed by atoms with Gasteiger partial charge in [-0.25, -0.2) is 13.1 Å². The average molecular weight is 280 g/mol. The van der Waals surface area contributed by atoms with Crippen molar-refractivity contribution in [2.24, 2.45) is 5.92 Å². The number of sulfonamides is 1. The molecule has 2 aliphatic heterocycles. The highest BCUT2D eigenvalue weighted by molar-refractivity contribution is 7.90. The van der Waals surface area contributed by atoms with E-state index in [0.717, 1.165) is 32.5 Å². The summed E-state index contributed by atoms with van der Waals surface area (Å²) in [5.41, 5.74) is 1.30. The summed E-state index contributed by atoms with van der Waals surface area (Å²) in [5, 5.41) is -0.173. The molecule has 104 valence electrons. The van der Waals surface area contributed by atoms with Crippen LogP contribution in [0, 0.1) is 5.92 Å². The fourth-order valence-electron chi connectivity index (χ4n) is 3.16. The highest BCUT2D eigenvalue weighted by Gasteiger charge is 2.41. The molecule has 1 N–H and O–H groups in total. The quantitative estimate of drug-likeness (QED) is 0.885. The van der Waals surface area contributed by atoms with Crippen molar-refractivity contribution in [2.45, 2.75) is 24.6 Å². The van der Waals surface area contributed by atoms with E-state index >= 15 is 0 Å². The number of nitrogens with one attached hydrogen (secondary N) is 1. The standard InChI is InChI=1S/C14H20N2O2S/c17-19(18)14-7-9-16(8-6-13(14)10-15-19)11-12-4-2-1-3-5-12/h1-5,13-15H,6-11H2/t13-,14-/m1/s1. The van der Waals surface area contributed by atoms with E-state index in [0.29, 0.717) is 12.5 Å². The lowest BCUT2D eigenvalue weighted by atomic mass is 10.0. The molecule has 0 aromatic heterocycles. The summed E-state index contributed by atoms with van der Waals surface area (Å²) in [6.07, 6.45) is 1.73. The van der Waals surface area contributed by atoms with Crippen molar-refractivity contribution in [1.82, 2.24) is 9.62 Å². The van der Waals surface area contributed by atoms with Crippen LogP contribution in [0.1, 0.15) is 18.4 Å². The molecule has 1 aromatic rings. The van der Waals surface area contributed by atoms with Gasteiger partial charge in [0.15, 0.2) is 0 Å². The molecular formula is C14H20N2O2S. The van der Waals surface area contributed by atoms with E-state index < -0.39 is 10.0 Å². The van der Waals surface area contributed by atoms with Crippen LogP contribution in [0.3, 0.4) is 0 Å². The first-order chi connectivity index (χ1) is 9.15. The molecule has 2 heterocycles. The second kappa shape index (κ2) is 5.23. The summed E-state index contributed by atoms with van der Waals surface area (Å²) in [6.45, 7) is 3.42. The lowest BCUT2D eigenvalue weighted by Crippen LogP contribution is -2.28. The van der Waals surface area contributed by atoms with Crippen LogP contribution in [-0.2, 0) is 16.6 Å². The summed E-state index contributed by atoms with van der Waals surface area (Å²) in [6, 6.07) is 10.4. The van der Waals surface area contributed by atoms with Gasteiger partial charge in [-0.1, -0.05) is 30.3 Å². The molecule has 0 aliphatic carbocycles. The Hall–Kier alpha value is -0.910. The Morgan fingerprint density at radius 1 is 1.16 bits per heavy atom. The van der Waals surface area contributed by atoms with Crippen molar-refractivity contribution in [3.8, 4) is 0 Å². The summed E-state index contributed by atoms with van der Waals surface area (Å²) in [5.74, 6) is 0.297. The molecule has 0 radical (unpaired) electrons. The van der Waals surface area contributed by atoms with Crippen LogP contribution < -0.4 is 4.72 Å². The molecular weight excluding hydrogens is 260 g/mol. The third-order valence-electron chi connectivity index (χ3n) is 4.27. The van der Waals surface area contributed by atoms with Crippen LogP contribution in [0.5, 0.6) is 0 Å². The number of hydrogen-bond donors (Lipinski definition) is 1. The Labute approximate surface area is 114 Å². The van der Waals surface area contributed by atoms with Crippen molar-refractivity contribution in [3.63, 3.8) is 0 Å². The van der Waals surface area contributed by atoms with Crippen molar-refractivity contribution in [1.29, 1.82) is 0 Å². The first-order valence-corrected chi connectivity index (χ1v) is 8.44. The van der Waals surface area contributed by atoms with Gasteiger partial charge in [0.1, 0.15) is 0 Å². The van der Waals surface area contributed by atoms with Gasteiger partial charge in [0.25, 0.3) is 0 Å². The van der Waals surface area contributed by atoms with Crippen LogP contribution in [0.15, 0.2) is 30.3 Å². The fourth-order valence-corrected chi connectivity index (χ4v) is 4.98. The maximum Gasteiger partial charge on any atom is 0.214 e. The minimum Gasteiger partial charge on any atom is -0.299 e. The zero-order valence-electron chi connectivity index (χ0n) is 11.0. The molecule has 0 amide bonds. The Kier molecular flexibility index (Phi) is 3.60. The lowest BCUT2D eigenvalue weighted by Gasteiger charge is -2.20. The second-order valence-corrected chi connectivity index (χ2v) is 7.52. The minimum atomic E-state index is -3.04. The largest absolute Gasteiger partial charge is 0.299 e. The van der Waals surface area contributed by atoms with Crippen molar-refractivity contribution in [2.75, 3.05) is 19.6 Å². The molecule has 0 unspecified atom stereocenters. The molecule has 2 saturated heterocycles. The zero-order chi connectivity index (χ0) is 13.3. The number of nitrogens with zero attached hydrogens (tertiary/aromatic N) is 1. The monoisotopic (exact) mass is 280 g/mol. The summed E-state index contributed by atoms with van der Waals surface area (Å²) >= 11 is 0. The molecule has 2 fully saturated rings. The van der Waals surface area contributed by atoms with Crippen LogP contribution in [0.25, 0.3) is 0 Å². The Morgan fingerprint density at radius 3 is 2.68 bits per heavy atom. The van der Waals surface area contributed by atoms with Crippen molar-refractivity contribution >= 4 is 10.0 Å². The minimum absolute atomic E-state index is 0.173. The van der Waals surface area contributed by atoms with Crippen LogP contribution in [-0.4, -0.2) is 38.2 Å². The summed E-state index contributed by atoms with van der Waals surface area (Å²) in [4.78, 5) is 2.38. The molecule has 1 aromatic carbocycles. The smallest absolute Gasteiger partial charge is 0.214 e. The van der Waals surface area contributed by atoms with E-state index in [4.69, 9.17) is 0 Å². The Bertz CT molecular complexity index is 530. The van der Waals surface area contributed by atoms with Crippen LogP contribution >= 0.6 is 0 Å². The van der Waals surface area contributed by atoms with Gasteiger partial charge in [-0.15, -0.1) is 0 Å². The van der Waals surface area contributed by atoms with Crippen molar-refractivity contribution < 1.29 is 8.42 Å². The van der Waals surface area contributed by atoms with Crippen LogP contribution in [0.4, 0.5) is 0 Å². The summed E-state index contributed by atoms with van der Waals surface area (Å²) < 4.78 is 26.5. The third kappa shape index (κ3) is 2.83. The Morgan fingerprint density at radius 2 is 1.89 bits per heavy atom. The molecule has 2 aliphatic rings. The molecule has 2 atom stereocenters. The van der Waals surface area contributed by atoms with E-state index in [9.17, 15) is 8.42 Å². The topological polar surface area (TPSA) is 49.4 Å². The van der Waals surface area contributed by atoms with Gasteiger partial charge >= 0.3 is 0 Å². The number of hydrogen-bond acceptors (Lipinski definition) is 3. The maximum atomic E-state index is 11.9. The number of benzene rings is 1. The van der Waals surface area contributed by atoms with E-state index in [1.807, 2.05) is 6.07 Å². The first-order valence-electron chi connectivity index (χ1n) is 6.90. The van der Waals surface area contributed by atoms with Gasteiger partial charge in [0, 0.05) is 13.1 Å². The predicted molar refractivity (Wildman–Crippen MR) is 75.2 cm³/mol. The molecule has 5 heteroatoms.